The van der Waals surface area contributed by atoms with E-state index in [2.05, 4.69) is 55.8 Å². The molecule has 0 amide bonds. The van der Waals surface area contributed by atoms with Gasteiger partial charge in [0.1, 0.15) is 23.3 Å². The van der Waals surface area contributed by atoms with Crippen LogP contribution in [0.4, 0.5) is 11.6 Å². The number of H-pyrrole nitrogens is 2. The monoisotopic (exact) mass is 656 g/mol. The van der Waals surface area contributed by atoms with E-state index in [4.69, 9.17) is 20.8 Å². The third-order valence-corrected chi connectivity index (χ3v) is 7.76. The zero-order valence-electron chi connectivity index (χ0n) is 25.4. The fraction of sp³-hybridized carbons (Fsp3) is 0.267. The number of rotatable bonds is 2. The van der Waals surface area contributed by atoms with Gasteiger partial charge < -0.3 is 30.7 Å². The molecule has 6 aromatic heterocycles. The van der Waals surface area contributed by atoms with Crippen molar-refractivity contribution in [1.29, 1.82) is 0 Å². The number of nitrogens with one attached hydrogen (secondary N) is 2. The van der Waals surface area contributed by atoms with Gasteiger partial charge in [0.2, 0.25) is 0 Å². The van der Waals surface area contributed by atoms with Crippen molar-refractivity contribution in [3.63, 3.8) is 0 Å². The maximum absolute atomic E-state index is 5.90. The van der Waals surface area contributed by atoms with Gasteiger partial charge in [0.15, 0.2) is 11.3 Å². The Morgan fingerprint density at radius 3 is 1.84 bits per heavy atom. The van der Waals surface area contributed by atoms with Crippen LogP contribution in [-0.2, 0) is 9.31 Å². The van der Waals surface area contributed by atoms with Gasteiger partial charge in [-0.05, 0) is 105 Å². The SMILES string of the molecule is CC1(C)OB(c2ccnc(N)c2)OC1(C)C.Cc1nc2ncc(-c3ccnc(N)c3)cc2[nH]1.Cc1nc2ncc(Br)cc2[nH]1. The van der Waals surface area contributed by atoms with E-state index in [0.717, 1.165) is 55.0 Å². The number of pyridine rings is 4. The summed E-state index contributed by atoms with van der Waals surface area (Å²) in [6, 6.07) is 11.3. The maximum Gasteiger partial charge on any atom is 0.495 e. The highest BCUT2D eigenvalue weighted by Gasteiger charge is 2.51. The molecule has 12 nitrogen and oxygen atoms in total. The van der Waals surface area contributed by atoms with E-state index < -0.39 is 0 Å². The number of aromatic nitrogens is 8. The molecule has 0 spiro atoms. The molecule has 44 heavy (non-hydrogen) atoms. The van der Waals surface area contributed by atoms with Crippen molar-refractivity contribution in [2.45, 2.75) is 52.7 Å². The molecule has 0 atom stereocenters. The highest BCUT2D eigenvalue weighted by molar-refractivity contribution is 9.10. The highest BCUT2D eigenvalue weighted by Crippen LogP contribution is 2.36. The maximum atomic E-state index is 5.90. The summed E-state index contributed by atoms with van der Waals surface area (Å²) in [4.78, 5) is 31.0. The van der Waals surface area contributed by atoms with Crippen molar-refractivity contribution < 1.29 is 9.31 Å². The molecule has 0 aromatic carbocycles. The predicted octanol–water partition coefficient (Wildman–Crippen LogP) is 4.90. The van der Waals surface area contributed by atoms with Crippen LogP contribution in [-0.4, -0.2) is 58.2 Å². The number of nitrogens with two attached hydrogens (primary N) is 2. The minimum Gasteiger partial charge on any atom is -0.399 e. The molecule has 7 rings (SSSR count). The molecule has 6 N–H and O–H groups in total. The largest absolute Gasteiger partial charge is 0.495 e. The first-order valence-corrected chi connectivity index (χ1v) is 14.7. The number of imidazole rings is 2. The van der Waals surface area contributed by atoms with E-state index in [-0.39, 0.29) is 18.3 Å². The molecule has 7 heterocycles. The number of aryl methyl sites for hydroxylation is 2. The Morgan fingerprint density at radius 1 is 0.705 bits per heavy atom. The number of nitrogens with zero attached hydrogens (tertiary/aromatic N) is 6. The first-order valence-electron chi connectivity index (χ1n) is 13.9. The van der Waals surface area contributed by atoms with E-state index in [9.17, 15) is 0 Å². The topological polar surface area (TPSA) is 179 Å². The van der Waals surface area contributed by atoms with Crippen LogP contribution in [0.25, 0.3) is 33.5 Å². The summed E-state index contributed by atoms with van der Waals surface area (Å²) in [5, 5.41) is 0. The van der Waals surface area contributed by atoms with E-state index in [1.165, 1.54) is 0 Å². The normalized spacial score (nSPS) is 15.0. The third-order valence-electron chi connectivity index (χ3n) is 7.32. The zero-order chi connectivity index (χ0) is 31.6. The number of hydrogen-bond acceptors (Lipinski definition) is 10. The Balaban J connectivity index is 0.000000134. The Morgan fingerprint density at radius 2 is 1.25 bits per heavy atom. The lowest BCUT2D eigenvalue weighted by Gasteiger charge is -2.32. The quantitative estimate of drug-likeness (QED) is 0.187. The van der Waals surface area contributed by atoms with Gasteiger partial charge in [-0.3, -0.25) is 0 Å². The Labute approximate surface area is 263 Å². The summed E-state index contributed by atoms with van der Waals surface area (Å²) >= 11 is 3.33. The van der Waals surface area contributed by atoms with Crippen molar-refractivity contribution in [2.24, 2.45) is 0 Å². The molecule has 14 heteroatoms. The molecule has 0 saturated carbocycles. The molecule has 226 valence electrons. The lowest BCUT2D eigenvalue weighted by Crippen LogP contribution is -2.41. The molecule has 1 saturated heterocycles. The van der Waals surface area contributed by atoms with Crippen LogP contribution >= 0.6 is 15.9 Å². The molecule has 1 aliphatic heterocycles. The van der Waals surface area contributed by atoms with E-state index in [1.54, 1.807) is 30.9 Å². The van der Waals surface area contributed by atoms with Gasteiger partial charge in [-0.25, -0.2) is 29.9 Å². The van der Waals surface area contributed by atoms with E-state index in [1.807, 2.05) is 71.9 Å². The summed E-state index contributed by atoms with van der Waals surface area (Å²) in [6.07, 6.45) is 6.88. The predicted molar refractivity (Wildman–Crippen MR) is 177 cm³/mol. The first kappa shape index (κ1) is 31.0. The second-order valence-corrected chi connectivity index (χ2v) is 12.3. The standard InChI is InChI=1S/C12H11N5.C11H17BN2O2.C7H6BrN3/c1-7-16-10-4-9(6-15-12(10)17-7)8-2-3-14-11(13)5-8;1-10(2)11(3,4)16-12(15-10)8-5-6-14-9(13)7-8;1-4-10-6-2-5(8)3-9-7(6)11-4/h2-6H,1H3,(H2,13,14)(H,15,16,17);5-7H,1-4H3,(H2,13,14);2-3H,1H3,(H,9,10,11). The number of halogens is 1. The van der Waals surface area contributed by atoms with Crippen LogP contribution in [0.1, 0.15) is 39.3 Å². The lowest BCUT2D eigenvalue weighted by molar-refractivity contribution is 0.00578. The van der Waals surface area contributed by atoms with Gasteiger partial charge in [-0.15, -0.1) is 0 Å². The molecule has 0 bridgehead atoms. The fourth-order valence-electron chi connectivity index (χ4n) is 4.39. The fourth-order valence-corrected chi connectivity index (χ4v) is 4.72. The molecule has 0 aliphatic carbocycles. The Bertz CT molecular complexity index is 1910. The second kappa shape index (κ2) is 12.3. The van der Waals surface area contributed by atoms with Crippen molar-refractivity contribution >= 4 is 62.5 Å². The van der Waals surface area contributed by atoms with Crippen LogP contribution < -0.4 is 16.9 Å². The van der Waals surface area contributed by atoms with Crippen LogP contribution in [0.2, 0.25) is 0 Å². The minimum absolute atomic E-state index is 0.324. The number of fused-ring (bicyclic) bond motifs is 2. The number of nitrogen functional groups attached to an aromatic ring is 2. The molecular weight excluding hydrogens is 623 g/mol. The zero-order valence-corrected chi connectivity index (χ0v) is 27.0. The summed E-state index contributed by atoms with van der Waals surface area (Å²) in [6.45, 7) is 11.9. The molecule has 1 aliphatic rings. The molecule has 0 unspecified atom stereocenters. The summed E-state index contributed by atoms with van der Waals surface area (Å²) in [5.41, 5.74) is 17.0. The molecule has 1 fully saturated rings. The average Bonchev–Trinajstić information content (AvgIpc) is 3.58. The lowest BCUT2D eigenvalue weighted by atomic mass is 9.80. The van der Waals surface area contributed by atoms with Gasteiger partial charge in [-0.1, -0.05) is 0 Å². The number of anilines is 2. The van der Waals surface area contributed by atoms with Crippen molar-refractivity contribution in [3.05, 3.63) is 77.3 Å². The second-order valence-electron chi connectivity index (χ2n) is 11.3. The van der Waals surface area contributed by atoms with Crippen molar-refractivity contribution in [2.75, 3.05) is 11.5 Å². The van der Waals surface area contributed by atoms with Gasteiger partial charge in [0, 0.05) is 34.8 Å². The number of hydrogen-bond donors (Lipinski definition) is 4. The van der Waals surface area contributed by atoms with Crippen LogP contribution in [0, 0.1) is 13.8 Å². The molecule has 0 radical (unpaired) electrons. The van der Waals surface area contributed by atoms with Gasteiger partial charge in [0.25, 0.3) is 0 Å². The Hall–Kier alpha value is -4.40. The average molecular weight is 657 g/mol. The smallest absolute Gasteiger partial charge is 0.399 e. The van der Waals surface area contributed by atoms with Crippen molar-refractivity contribution in [1.82, 2.24) is 39.9 Å². The van der Waals surface area contributed by atoms with Gasteiger partial charge in [-0.2, -0.15) is 0 Å². The first-order chi connectivity index (χ1) is 20.8. The molecular formula is C30H34BBrN10O2. The van der Waals surface area contributed by atoms with E-state index >= 15 is 0 Å². The van der Waals surface area contributed by atoms with Gasteiger partial charge >= 0.3 is 7.12 Å². The van der Waals surface area contributed by atoms with Crippen LogP contribution in [0.3, 0.4) is 0 Å². The van der Waals surface area contributed by atoms with Crippen molar-refractivity contribution in [3.8, 4) is 11.1 Å². The number of aromatic amines is 2. The third kappa shape index (κ3) is 7.04. The summed E-state index contributed by atoms with van der Waals surface area (Å²) in [5.74, 6) is 2.74. The summed E-state index contributed by atoms with van der Waals surface area (Å²) in [7, 11) is -0.365. The minimum atomic E-state index is -0.365. The van der Waals surface area contributed by atoms with E-state index in [0.29, 0.717) is 11.6 Å². The van der Waals surface area contributed by atoms with Gasteiger partial charge in [0.05, 0.1) is 22.2 Å². The highest BCUT2D eigenvalue weighted by atomic mass is 79.9. The van der Waals surface area contributed by atoms with Crippen LogP contribution in [0.15, 0.2) is 65.7 Å². The summed E-state index contributed by atoms with van der Waals surface area (Å²) < 4.78 is 12.8. The Kier molecular flexibility index (Phi) is 8.68. The molecule has 6 aromatic rings. The van der Waals surface area contributed by atoms with Crippen LogP contribution in [0.5, 0.6) is 0 Å².